The van der Waals surface area contributed by atoms with Crippen molar-refractivity contribution in [2.24, 2.45) is 0 Å². The van der Waals surface area contributed by atoms with Gasteiger partial charge in [-0.2, -0.15) is 0 Å². The van der Waals surface area contributed by atoms with Crippen molar-refractivity contribution in [1.82, 2.24) is 0 Å². The Labute approximate surface area is 149 Å². The second-order valence-corrected chi connectivity index (χ2v) is 6.03. The number of carbonyl (C=O) groups excluding carboxylic acids is 2. The molecule has 0 bridgehead atoms. The van der Waals surface area contributed by atoms with Crippen LogP contribution in [-0.2, 0) is 11.2 Å². The molecule has 0 saturated heterocycles. The van der Waals surface area contributed by atoms with Crippen molar-refractivity contribution in [1.29, 1.82) is 0 Å². The number of carbonyl (C=O) groups is 2. The molecule has 4 heteroatoms. The molecule has 0 aromatic heterocycles. The molecular formula is C21H25NO3. The summed E-state index contributed by atoms with van der Waals surface area (Å²) in [5.41, 5.74) is 2.77. The number of nitrogens with one attached hydrogen (secondary N) is 1. The monoisotopic (exact) mass is 339 g/mol. The quantitative estimate of drug-likeness (QED) is 0.535. The SMILES string of the molecule is CCCc1ccc(NC(=O)CCCOc2ccc(C(C)=O)cc2)cc1. The highest BCUT2D eigenvalue weighted by atomic mass is 16.5. The van der Waals surface area contributed by atoms with Gasteiger partial charge in [-0.15, -0.1) is 0 Å². The minimum atomic E-state index is -0.0150. The van der Waals surface area contributed by atoms with Crippen LogP contribution in [-0.4, -0.2) is 18.3 Å². The Kier molecular flexibility index (Phi) is 7.20. The first kappa shape index (κ1) is 18.7. The van der Waals surface area contributed by atoms with Crippen LogP contribution in [0.2, 0.25) is 0 Å². The van der Waals surface area contributed by atoms with Crippen LogP contribution in [0.15, 0.2) is 48.5 Å². The molecule has 0 saturated carbocycles. The third kappa shape index (κ3) is 6.42. The van der Waals surface area contributed by atoms with Crippen LogP contribution >= 0.6 is 0 Å². The van der Waals surface area contributed by atoms with E-state index in [-0.39, 0.29) is 11.7 Å². The lowest BCUT2D eigenvalue weighted by atomic mass is 10.1. The Bertz CT molecular complexity index is 690. The molecule has 1 amide bonds. The number of Topliss-reactive ketones (excluding diaryl/α,β-unsaturated/α-hetero) is 1. The zero-order chi connectivity index (χ0) is 18.1. The van der Waals surface area contributed by atoms with Crippen LogP contribution in [0.1, 0.15) is 49.0 Å². The number of ether oxygens (including phenoxy) is 1. The van der Waals surface area contributed by atoms with Crippen LogP contribution in [0, 0.1) is 0 Å². The standard InChI is InChI=1S/C21H25NO3/c1-3-5-17-7-11-19(12-8-17)22-21(24)6-4-15-25-20-13-9-18(10-14-20)16(2)23/h7-14H,3-6,15H2,1-2H3,(H,22,24). The Morgan fingerprint density at radius 2 is 1.68 bits per heavy atom. The van der Waals surface area contributed by atoms with E-state index in [4.69, 9.17) is 4.74 Å². The molecule has 1 N–H and O–H groups in total. The van der Waals surface area contributed by atoms with Crippen LogP contribution in [0.5, 0.6) is 5.75 Å². The lowest BCUT2D eigenvalue weighted by Gasteiger charge is -2.08. The normalized spacial score (nSPS) is 10.3. The van der Waals surface area contributed by atoms with Gasteiger partial charge in [0.2, 0.25) is 5.91 Å². The Hall–Kier alpha value is -2.62. The first-order valence-electron chi connectivity index (χ1n) is 8.71. The van der Waals surface area contributed by atoms with Gasteiger partial charge >= 0.3 is 0 Å². The molecule has 0 spiro atoms. The van der Waals surface area contributed by atoms with Crippen molar-refractivity contribution < 1.29 is 14.3 Å². The van der Waals surface area contributed by atoms with Gasteiger partial charge in [-0.1, -0.05) is 25.5 Å². The fourth-order valence-corrected chi connectivity index (χ4v) is 2.48. The molecule has 0 atom stereocenters. The molecule has 2 aromatic carbocycles. The van der Waals surface area contributed by atoms with E-state index in [1.165, 1.54) is 12.5 Å². The van der Waals surface area contributed by atoms with E-state index < -0.39 is 0 Å². The first-order valence-corrected chi connectivity index (χ1v) is 8.71. The third-order valence-corrected chi connectivity index (χ3v) is 3.85. The van der Waals surface area contributed by atoms with Crippen molar-refractivity contribution in [2.75, 3.05) is 11.9 Å². The topological polar surface area (TPSA) is 55.4 Å². The maximum atomic E-state index is 11.9. The number of hydrogen-bond donors (Lipinski definition) is 1. The summed E-state index contributed by atoms with van der Waals surface area (Å²) in [6, 6.07) is 15.0. The highest BCUT2D eigenvalue weighted by molar-refractivity contribution is 5.94. The number of anilines is 1. The predicted molar refractivity (Wildman–Crippen MR) is 100 cm³/mol. The van der Waals surface area contributed by atoms with E-state index in [0.29, 0.717) is 30.8 Å². The van der Waals surface area contributed by atoms with Gasteiger partial charge in [0.25, 0.3) is 0 Å². The van der Waals surface area contributed by atoms with E-state index in [1.54, 1.807) is 24.3 Å². The van der Waals surface area contributed by atoms with E-state index in [0.717, 1.165) is 18.5 Å². The van der Waals surface area contributed by atoms with Gasteiger partial charge in [-0.25, -0.2) is 0 Å². The van der Waals surface area contributed by atoms with E-state index in [1.807, 2.05) is 24.3 Å². The van der Waals surface area contributed by atoms with Gasteiger partial charge in [0.05, 0.1) is 6.61 Å². The molecule has 25 heavy (non-hydrogen) atoms. The maximum absolute atomic E-state index is 11.9. The van der Waals surface area contributed by atoms with Crippen molar-refractivity contribution >= 4 is 17.4 Å². The second kappa shape index (κ2) is 9.62. The highest BCUT2D eigenvalue weighted by Gasteiger charge is 2.04. The zero-order valence-electron chi connectivity index (χ0n) is 14.9. The minimum absolute atomic E-state index is 0.0150. The van der Waals surface area contributed by atoms with E-state index >= 15 is 0 Å². The average molecular weight is 339 g/mol. The largest absolute Gasteiger partial charge is 0.494 e. The highest BCUT2D eigenvalue weighted by Crippen LogP contribution is 2.14. The molecule has 0 unspecified atom stereocenters. The number of ketones is 1. The lowest BCUT2D eigenvalue weighted by Crippen LogP contribution is -2.12. The van der Waals surface area contributed by atoms with Crippen LogP contribution in [0.4, 0.5) is 5.69 Å². The minimum Gasteiger partial charge on any atom is -0.494 e. The van der Waals surface area contributed by atoms with Gasteiger partial charge in [-0.3, -0.25) is 9.59 Å². The fraction of sp³-hybridized carbons (Fsp3) is 0.333. The molecule has 132 valence electrons. The van der Waals surface area contributed by atoms with E-state index in [2.05, 4.69) is 12.2 Å². The summed E-state index contributed by atoms with van der Waals surface area (Å²) >= 11 is 0. The predicted octanol–water partition coefficient (Wildman–Crippen LogP) is 4.64. The molecule has 0 aliphatic rings. The molecule has 0 heterocycles. The van der Waals surface area contributed by atoms with Gasteiger partial charge in [0.15, 0.2) is 5.78 Å². The smallest absolute Gasteiger partial charge is 0.224 e. The summed E-state index contributed by atoms with van der Waals surface area (Å²) in [6.45, 7) is 4.14. The molecule has 0 fully saturated rings. The Morgan fingerprint density at radius 3 is 2.28 bits per heavy atom. The Balaban J connectivity index is 1.68. The molecule has 0 radical (unpaired) electrons. The molecular weight excluding hydrogens is 314 g/mol. The molecule has 2 aromatic rings. The zero-order valence-corrected chi connectivity index (χ0v) is 14.9. The van der Waals surface area contributed by atoms with Crippen molar-refractivity contribution in [3.63, 3.8) is 0 Å². The van der Waals surface area contributed by atoms with Crippen molar-refractivity contribution in [3.8, 4) is 5.75 Å². The van der Waals surface area contributed by atoms with Crippen LogP contribution in [0.3, 0.4) is 0 Å². The first-order chi connectivity index (χ1) is 12.1. The molecule has 0 aliphatic heterocycles. The molecule has 4 nitrogen and oxygen atoms in total. The summed E-state index contributed by atoms with van der Waals surface area (Å²) in [7, 11) is 0. The van der Waals surface area contributed by atoms with Gasteiger partial charge < -0.3 is 10.1 Å². The van der Waals surface area contributed by atoms with Crippen LogP contribution in [0.25, 0.3) is 0 Å². The second-order valence-electron chi connectivity index (χ2n) is 6.03. The van der Waals surface area contributed by atoms with E-state index in [9.17, 15) is 9.59 Å². The average Bonchev–Trinajstić information content (AvgIpc) is 2.61. The van der Waals surface area contributed by atoms with Gasteiger partial charge in [0.1, 0.15) is 5.75 Å². The summed E-state index contributed by atoms with van der Waals surface area (Å²) in [5, 5.41) is 2.90. The van der Waals surface area contributed by atoms with Gasteiger partial charge in [0, 0.05) is 17.7 Å². The number of amides is 1. The summed E-state index contributed by atoms with van der Waals surface area (Å²) in [5.74, 6) is 0.724. The fourth-order valence-electron chi connectivity index (χ4n) is 2.48. The number of hydrogen-bond acceptors (Lipinski definition) is 3. The number of rotatable bonds is 9. The summed E-state index contributed by atoms with van der Waals surface area (Å²) in [6.07, 6.45) is 3.21. The summed E-state index contributed by atoms with van der Waals surface area (Å²) < 4.78 is 5.59. The molecule has 0 aliphatic carbocycles. The van der Waals surface area contributed by atoms with Crippen molar-refractivity contribution in [2.45, 2.75) is 39.5 Å². The molecule has 2 rings (SSSR count). The number of aryl methyl sites for hydroxylation is 1. The van der Waals surface area contributed by atoms with Crippen molar-refractivity contribution in [3.05, 3.63) is 59.7 Å². The maximum Gasteiger partial charge on any atom is 0.224 e. The Morgan fingerprint density at radius 1 is 1.00 bits per heavy atom. The van der Waals surface area contributed by atoms with Crippen LogP contribution < -0.4 is 10.1 Å². The van der Waals surface area contributed by atoms with Gasteiger partial charge in [-0.05, 0) is 61.7 Å². The lowest BCUT2D eigenvalue weighted by molar-refractivity contribution is -0.116. The third-order valence-electron chi connectivity index (χ3n) is 3.85. The number of benzene rings is 2. The summed E-state index contributed by atoms with van der Waals surface area (Å²) in [4.78, 5) is 23.2.